The Morgan fingerprint density at radius 2 is 1.87 bits per heavy atom. The van der Waals surface area contributed by atoms with Gasteiger partial charge in [-0.25, -0.2) is 14.6 Å². The summed E-state index contributed by atoms with van der Waals surface area (Å²) in [5.74, 6) is -0.236. The maximum Gasteiger partial charge on any atom is 0.417 e. The quantitative estimate of drug-likeness (QED) is 0.497. The topological polar surface area (TPSA) is 72.7 Å². The molecule has 3 aromatic heterocycles. The number of halogens is 3. The minimum atomic E-state index is -4.47. The first kappa shape index (κ1) is 19.8. The van der Waals surface area contributed by atoms with E-state index in [0.29, 0.717) is 10.8 Å². The molecular formula is C20H14F3N5OS. The first-order valence-corrected chi connectivity index (χ1v) is 9.61. The van der Waals surface area contributed by atoms with Crippen molar-refractivity contribution in [3.63, 3.8) is 0 Å². The number of rotatable bonds is 4. The Labute approximate surface area is 173 Å². The highest BCUT2D eigenvalue weighted by Crippen LogP contribution is 2.29. The number of hydrogen-bond donors (Lipinski definition) is 1. The van der Waals surface area contributed by atoms with Crippen molar-refractivity contribution in [3.05, 3.63) is 77.1 Å². The number of thiazole rings is 1. The summed E-state index contributed by atoms with van der Waals surface area (Å²) < 4.78 is 39.4. The Hall–Kier alpha value is -3.53. The van der Waals surface area contributed by atoms with Gasteiger partial charge >= 0.3 is 6.18 Å². The van der Waals surface area contributed by atoms with E-state index in [1.54, 1.807) is 6.92 Å². The highest BCUT2D eigenvalue weighted by Gasteiger charge is 2.30. The molecular weight excluding hydrogens is 415 g/mol. The van der Waals surface area contributed by atoms with E-state index in [1.165, 1.54) is 28.3 Å². The predicted molar refractivity (Wildman–Crippen MR) is 107 cm³/mol. The van der Waals surface area contributed by atoms with Crippen molar-refractivity contribution < 1.29 is 18.0 Å². The molecule has 4 aromatic rings. The molecule has 1 aromatic carbocycles. The summed E-state index contributed by atoms with van der Waals surface area (Å²) in [5.41, 5.74) is 1.55. The average Bonchev–Trinajstić information content (AvgIpc) is 3.35. The van der Waals surface area contributed by atoms with Crippen LogP contribution in [0.3, 0.4) is 0 Å². The summed E-state index contributed by atoms with van der Waals surface area (Å²) >= 11 is 1.29. The van der Waals surface area contributed by atoms with Crippen LogP contribution in [-0.2, 0) is 6.18 Å². The zero-order chi connectivity index (χ0) is 21.3. The van der Waals surface area contributed by atoms with Crippen LogP contribution >= 0.6 is 11.3 Å². The van der Waals surface area contributed by atoms with Crippen LogP contribution in [0.5, 0.6) is 0 Å². The van der Waals surface area contributed by atoms with Crippen molar-refractivity contribution in [2.24, 2.45) is 0 Å². The highest BCUT2D eigenvalue weighted by molar-refractivity contribution is 7.14. The molecule has 0 unspecified atom stereocenters. The fourth-order valence-corrected chi connectivity index (χ4v) is 3.49. The zero-order valence-electron chi connectivity index (χ0n) is 15.5. The average molecular weight is 429 g/mol. The van der Waals surface area contributed by atoms with Crippen molar-refractivity contribution in [2.75, 3.05) is 5.32 Å². The van der Waals surface area contributed by atoms with E-state index in [2.05, 4.69) is 20.4 Å². The molecule has 4 rings (SSSR count). The number of carbonyl (C=O) groups is 1. The molecule has 30 heavy (non-hydrogen) atoms. The van der Waals surface area contributed by atoms with Gasteiger partial charge in [-0.3, -0.25) is 10.1 Å². The molecule has 0 saturated heterocycles. The number of alkyl halides is 3. The van der Waals surface area contributed by atoms with Gasteiger partial charge in [-0.1, -0.05) is 30.3 Å². The second kappa shape index (κ2) is 7.71. The van der Waals surface area contributed by atoms with E-state index in [-0.39, 0.29) is 11.4 Å². The van der Waals surface area contributed by atoms with Crippen LogP contribution < -0.4 is 5.32 Å². The van der Waals surface area contributed by atoms with Crippen molar-refractivity contribution in [1.82, 2.24) is 19.7 Å². The molecule has 0 bridgehead atoms. The molecule has 0 atom stereocenters. The largest absolute Gasteiger partial charge is 0.417 e. The minimum Gasteiger partial charge on any atom is -0.298 e. The molecule has 0 fully saturated rings. The second-order valence-corrected chi connectivity index (χ2v) is 7.17. The molecule has 0 saturated carbocycles. The standard InChI is InChI=1S/C20H14F3N5OS/c1-12-15(10-25-28(12)17-8-7-14(9-24-17)20(21,22)23)18(29)27-19-26-16(11-30-19)13-5-3-2-4-6-13/h2-11H,1H3,(H,26,27,29). The predicted octanol–water partition coefficient (Wildman–Crippen LogP) is 4.97. The summed E-state index contributed by atoms with van der Waals surface area (Å²) in [6.07, 6.45) is -2.39. The third kappa shape index (κ3) is 3.94. The van der Waals surface area contributed by atoms with E-state index in [0.717, 1.165) is 23.5 Å². The van der Waals surface area contributed by atoms with E-state index >= 15 is 0 Å². The van der Waals surface area contributed by atoms with Crippen LogP contribution in [0.25, 0.3) is 17.1 Å². The Balaban J connectivity index is 1.52. The van der Waals surface area contributed by atoms with Gasteiger partial charge in [0, 0.05) is 17.1 Å². The molecule has 152 valence electrons. The van der Waals surface area contributed by atoms with Crippen LogP contribution in [0.1, 0.15) is 21.6 Å². The van der Waals surface area contributed by atoms with Crippen LogP contribution in [0.15, 0.2) is 60.2 Å². The van der Waals surface area contributed by atoms with Gasteiger partial charge in [0.05, 0.1) is 28.7 Å². The number of pyridine rings is 1. The van der Waals surface area contributed by atoms with E-state index in [9.17, 15) is 18.0 Å². The summed E-state index contributed by atoms with van der Waals surface area (Å²) in [6, 6.07) is 11.7. The molecule has 3 heterocycles. The smallest absolute Gasteiger partial charge is 0.298 e. The van der Waals surface area contributed by atoms with Crippen LogP contribution in [0.4, 0.5) is 18.3 Å². The van der Waals surface area contributed by atoms with Gasteiger partial charge in [0.1, 0.15) is 0 Å². The first-order chi connectivity index (χ1) is 14.3. The molecule has 0 aliphatic carbocycles. The highest BCUT2D eigenvalue weighted by atomic mass is 32.1. The lowest BCUT2D eigenvalue weighted by molar-refractivity contribution is -0.137. The maximum absolute atomic E-state index is 12.7. The summed E-state index contributed by atoms with van der Waals surface area (Å²) in [6.45, 7) is 1.64. The fourth-order valence-electron chi connectivity index (χ4n) is 2.78. The van der Waals surface area contributed by atoms with Gasteiger partial charge in [0.25, 0.3) is 5.91 Å². The zero-order valence-corrected chi connectivity index (χ0v) is 16.3. The molecule has 1 N–H and O–H groups in total. The Kier molecular flexibility index (Phi) is 5.08. The van der Waals surface area contributed by atoms with Gasteiger partial charge in [0.15, 0.2) is 10.9 Å². The van der Waals surface area contributed by atoms with Crippen molar-refractivity contribution >= 4 is 22.4 Å². The third-order valence-corrected chi connectivity index (χ3v) is 5.10. The number of nitrogens with zero attached hydrogens (tertiary/aromatic N) is 4. The Morgan fingerprint density at radius 3 is 2.53 bits per heavy atom. The van der Waals surface area contributed by atoms with Gasteiger partial charge in [-0.15, -0.1) is 11.3 Å². The number of benzene rings is 1. The molecule has 1 amide bonds. The molecule has 6 nitrogen and oxygen atoms in total. The van der Waals surface area contributed by atoms with E-state index in [1.807, 2.05) is 35.7 Å². The maximum atomic E-state index is 12.7. The molecule has 0 radical (unpaired) electrons. The lowest BCUT2D eigenvalue weighted by atomic mass is 10.2. The number of nitrogens with one attached hydrogen (secondary N) is 1. The van der Waals surface area contributed by atoms with Crippen LogP contribution in [0, 0.1) is 6.92 Å². The molecule has 0 spiro atoms. The van der Waals surface area contributed by atoms with Crippen LogP contribution in [0.2, 0.25) is 0 Å². The summed E-state index contributed by atoms with van der Waals surface area (Å²) in [7, 11) is 0. The SMILES string of the molecule is Cc1c(C(=O)Nc2nc(-c3ccccc3)cs2)cnn1-c1ccc(C(F)(F)F)cn1. The van der Waals surface area contributed by atoms with Gasteiger partial charge in [-0.05, 0) is 19.1 Å². The molecule has 10 heteroatoms. The summed E-state index contributed by atoms with van der Waals surface area (Å²) in [4.78, 5) is 20.9. The molecule has 0 aliphatic heterocycles. The molecule has 0 aliphatic rings. The Bertz CT molecular complexity index is 1180. The van der Waals surface area contributed by atoms with Gasteiger partial charge < -0.3 is 0 Å². The van der Waals surface area contributed by atoms with Gasteiger partial charge in [0.2, 0.25) is 0 Å². The number of aromatic nitrogens is 4. The number of amides is 1. The number of hydrogen-bond acceptors (Lipinski definition) is 5. The lowest BCUT2D eigenvalue weighted by Crippen LogP contribution is -2.13. The van der Waals surface area contributed by atoms with Crippen molar-refractivity contribution in [2.45, 2.75) is 13.1 Å². The fraction of sp³-hybridized carbons (Fsp3) is 0.100. The second-order valence-electron chi connectivity index (χ2n) is 6.32. The Morgan fingerprint density at radius 1 is 1.10 bits per heavy atom. The van der Waals surface area contributed by atoms with Crippen molar-refractivity contribution in [3.8, 4) is 17.1 Å². The van der Waals surface area contributed by atoms with E-state index in [4.69, 9.17) is 0 Å². The van der Waals surface area contributed by atoms with Crippen LogP contribution in [-0.4, -0.2) is 25.7 Å². The number of anilines is 1. The monoisotopic (exact) mass is 429 g/mol. The van der Waals surface area contributed by atoms with E-state index < -0.39 is 17.6 Å². The van der Waals surface area contributed by atoms with Crippen molar-refractivity contribution in [1.29, 1.82) is 0 Å². The minimum absolute atomic E-state index is 0.181. The normalized spacial score (nSPS) is 11.5. The van der Waals surface area contributed by atoms with Gasteiger partial charge in [-0.2, -0.15) is 18.3 Å². The summed E-state index contributed by atoms with van der Waals surface area (Å²) in [5, 5.41) is 9.09. The number of carbonyl (C=O) groups excluding carboxylic acids is 1. The lowest BCUT2D eigenvalue weighted by Gasteiger charge is -2.08. The first-order valence-electron chi connectivity index (χ1n) is 8.73. The third-order valence-electron chi connectivity index (χ3n) is 4.34.